The van der Waals surface area contributed by atoms with Crippen LogP contribution in [0.15, 0.2) is 11.6 Å². The molecule has 0 bridgehead atoms. The number of ether oxygens (including phenoxy) is 5. The summed E-state index contributed by atoms with van der Waals surface area (Å²) in [6.45, 7) is 14.3. The van der Waals surface area contributed by atoms with Crippen molar-refractivity contribution < 1.29 is 57.2 Å². The van der Waals surface area contributed by atoms with E-state index in [4.69, 9.17) is 28.8 Å². The molecular formula is C42H76NO12P. The van der Waals surface area contributed by atoms with E-state index in [-0.39, 0.29) is 37.4 Å². The molecule has 1 amide bonds. The van der Waals surface area contributed by atoms with Crippen LogP contribution in [0.5, 0.6) is 0 Å². The van der Waals surface area contributed by atoms with Crippen molar-refractivity contribution in [2.24, 2.45) is 46.3 Å². The lowest BCUT2D eigenvalue weighted by molar-refractivity contribution is -0.0581. The van der Waals surface area contributed by atoms with Gasteiger partial charge in [0.25, 0.3) is 0 Å². The Morgan fingerprint density at radius 1 is 0.857 bits per heavy atom. The third-order valence-corrected chi connectivity index (χ3v) is 14.5. The lowest BCUT2D eigenvalue weighted by Gasteiger charge is -2.58. The third kappa shape index (κ3) is 14.3. The van der Waals surface area contributed by atoms with Crippen molar-refractivity contribution >= 4 is 13.9 Å². The molecule has 326 valence electrons. The number of amides is 1. The highest BCUT2D eigenvalue weighted by Crippen LogP contribution is 2.67. The average molecular weight is 818 g/mol. The van der Waals surface area contributed by atoms with E-state index in [2.05, 4.69) is 55.1 Å². The van der Waals surface area contributed by atoms with Gasteiger partial charge < -0.3 is 44.1 Å². The second-order valence-corrected chi connectivity index (χ2v) is 19.2. The molecule has 13 nitrogen and oxygen atoms in total. The molecule has 5 unspecified atom stereocenters. The first-order valence-electron chi connectivity index (χ1n) is 21.6. The van der Waals surface area contributed by atoms with Crippen molar-refractivity contribution in [3.63, 3.8) is 0 Å². The number of aliphatic hydroxyl groups is 2. The fourth-order valence-corrected chi connectivity index (χ4v) is 11.4. The number of aliphatic hydroxyl groups excluding tert-OH is 2. The maximum Gasteiger partial charge on any atom is 0.472 e. The number of hydrogen-bond acceptors (Lipinski definition) is 11. The van der Waals surface area contributed by atoms with Crippen molar-refractivity contribution in [3.8, 4) is 0 Å². The summed E-state index contributed by atoms with van der Waals surface area (Å²) in [6.07, 6.45) is 15.6. The molecule has 4 aliphatic carbocycles. The number of carbonyl (C=O) groups is 1. The minimum absolute atomic E-state index is 0.0555. The van der Waals surface area contributed by atoms with Gasteiger partial charge in [-0.3, -0.25) is 9.05 Å². The second kappa shape index (κ2) is 23.6. The molecule has 3 saturated carbocycles. The Balaban J connectivity index is 0.999. The summed E-state index contributed by atoms with van der Waals surface area (Å²) < 4.78 is 48.3. The number of alkyl carbamates (subject to hydrolysis) is 1. The minimum Gasteiger partial charge on any atom is -0.446 e. The maximum atomic E-state index is 12.7. The van der Waals surface area contributed by atoms with Gasteiger partial charge in [-0.2, -0.15) is 0 Å². The molecule has 3 fully saturated rings. The van der Waals surface area contributed by atoms with Crippen LogP contribution in [0.4, 0.5) is 4.79 Å². The first-order chi connectivity index (χ1) is 26.8. The van der Waals surface area contributed by atoms with Crippen molar-refractivity contribution in [2.45, 2.75) is 124 Å². The van der Waals surface area contributed by atoms with Crippen LogP contribution in [0.3, 0.4) is 0 Å². The Morgan fingerprint density at radius 3 is 2.25 bits per heavy atom. The predicted octanol–water partition coefficient (Wildman–Crippen LogP) is 7.07. The second-order valence-electron chi connectivity index (χ2n) is 17.7. The summed E-state index contributed by atoms with van der Waals surface area (Å²) in [6, 6.07) is 0. The lowest BCUT2D eigenvalue weighted by atomic mass is 9.47. The smallest absolute Gasteiger partial charge is 0.446 e. The quantitative estimate of drug-likeness (QED) is 0.0379. The summed E-state index contributed by atoms with van der Waals surface area (Å²) in [5.41, 5.74) is 2.28. The van der Waals surface area contributed by atoms with Crippen LogP contribution in [-0.4, -0.2) is 113 Å². The SMILES string of the molecule is CC(C)CCC[C@H](C)[C@@H]1CCC2C3CC=C4C[C@H](OC(=O)NCCCOCCOCCOCCOCC(O)COP(=O)(O)OCCO)CC[C@@]4(C)C3CC[C@]21C. The molecule has 4 N–H and O–H groups in total. The van der Waals surface area contributed by atoms with Gasteiger partial charge >= 0.3 is 13.9 Å². The van der Waals surface area contributed by atoms with Gasteiger partial charge in [-0.25, -0.2) is 9.36 Å². The largest absolute Gasteiger partial charge is 0.472 e. The highest BCUT2D eigenvalue weighted by atomic mass is 31.2. The standard InChI is InChI=1S/C42H76NO12P/c1-31(2)8-6-9-32(3)37-12-13-38-36-11-10-33-28-35(14-16-41(33,4)39(36)15-17-42(37,38)5)55-40(46)43-18-7-20-49-22-23-50-24-25-51-26-27-52-29-34(45)30-54-56(47,48)53-21-19-44/h10,31-32,34-39,44-45H,6-9,11-30H2,1-5H3,(H,43,46)(H,47,48)/t32-,34?,35+,36?,37-,38?,39?,41+,42-/m0/s1. The number of fused-ring (bicyclic) bond motifs is 5. The summed E-state index contributed by atoms with van der Waals surface area (Å²) in [5, 5.41) is 21.3. The Labute approximate surface area is 336 Å². The van der Waals surface area contributed by atoms with E-state index in [1.54, 1.807) is 5.57 Å². The number of phosphoric ester groups is 1. The van der Waals surface area contributed by atoms with E-state index in [9.17, 15) is 19.4 Å². The Morgan fingerprint density at radius 2 is 1.55 bits per heavy atom. The van der Waals surface area contributed by atoms with Crippen molar-refractivity contribution in [2.75, 3.05) is 79.2 Å². The number of rotatable bonds is 27. The van der Waals surface area contributed by atoms with E-state index in [0.717, 1.165) is 54.8 Å². The van der Waals surface area contributed by atoms with E-state index in [1.165, 1.54) is 51.4 Å². The molecule has 4 rings (SSSR count). The molecule has 0 saturated heterocycles. The van der Waals surface area contributed by atoms with Crippen LogP contribution in [0.25, 0.3) is 0 Å². The van der Waals surface area contributed by atoms with Gasteiger partial charge in [-0.1, -0.05) is 65.5 Å². The highest BCUT2D eigenvalue weighted by molar-refractivity contribution is 7.47. The molecule has 0 aromatic rings. The fraction of sp³-hybridized carbons (Fsp3) is 0.929. The monoisotopic (exact) mass is 818 g/mol. The zero-order valence-corrected chi connectivity index (χ0v) is 36.0. The molecule has 56 heavy (non-hydrogen) atoms. The summed E-state index contributed by atoms with van der Waals surface area (Å²) >= 11 is 0. The number of hydrogen-bond donors (Lipinski definition) is 4. The van der Waals surface area contributed by atoms with E-state index in [0.29, 0.717) is 58.0 Å². The number of allylic oxidation sites excluding steroid dienone is 1. The summed E-state index contributed by atoms with van der Waals surface area (Å²) in [7, 11) is -4.31. The van der Waals surface area contributed by atoms with Crippen LogP contribution in [0.1, 0.15) is 112 Å². The highest BCUT2D eigenvalue weighted by Gasteiger charge is 2.59. The van der Waals surface area contributed by atoms with Crippen molar-refractivity contribution in [1.29, 1.82) is 0 Å². The summed E-state index contributed by atoms with van der Waals surface area (Å²) in [5.74, 6) is 4.93. The maximum absolute atomic E-state index is 12.7. The van der Waals surface area contributed by atoms with Crippen molar-refractivity contribution in [3.05, 3.63) is 11.6 Å². The van der Waals surface area contributed by atoms with Crippen LogP contribution in [0, 0.1) is 46.3 Å². The van der Waals surface area contributed by atoms with Crippen molar-refractivity contribution in [1.82, 2.24) is 5.32 Å². The van der Waals surface area contributed by atoms with Gasteiger partial charge in [0.05, 0.1) is 66.1 Å². The molecule has 0 aromatic carbocycles. The molecule has 10 atom stereocenters. The Hall–Kier alpha value is -1.12. The van der Waals surface area contributed by atoms with E-state index in [1.807, 2.05) is 0 Å². The van der Waals surface area contributed by atoms with Gasteiger partial charge in [0.15, 0.2) is 0 Å². The minimum atomic E-state index is -4.31. The van der Waals surface area contributed by atoms with E-state index < -0.39 is 27.1 Å². The van der Waals surface area contributed by atoms with Crippen LogP contribution in [-0.2, 0) is 37.3 Å². The molecule has 4 aliphatic rings. The molecule has 0 spiro atoms. The first-order valence-corrected chi connectivity index (χ1v) is 23.1. The Bertz CT molecular complexity index is 1240. The normalized spacial score (nSPS) is 30.8. The topological polar surface area (TPSA) is 171 Å². The van der Waals surface area contributed by atoms with E-state index >= 15 is 0 Å². The van der Waals surface area contributed by atoms with Crippen LogP contribution < -0.4 is 5.32 Å². The molecule has 0 radical (unpaired) electrons. The Kier molecular flexibility index (Phi) is 20.1. The number of nitrogens with one attached hydrogen (secondary N) is 1. The molecule has 14 heteroatoms. The predicted molar refractivity (Wildman–Crippen MR) is 214 cm³/mol. The number of phosphoric acid groups is 1. The molecule has 0 aliphatic heterocycles. The van der Waals surface area contributed by atoms with Crippen LogP contribution >= 0.6 is 7.82 Å². The zero-order valence-electron chi connectivity index (χ0n) is 35.1. The summed E-state index contributed by atoms with van der Waals surface area (Å²) in [4.78, 5) is 22.0. The van der Waals surface area contributed by atoms with Crippen LogP contribution in [0.2, 0.25) is 0 Å². The molecule has 0 heterocycles. The first kappa shape index (κ1) is 47.6. The third-order valence-electron chi connectivity index (χ3n) is 13.5. The average Bonchev–Trinajstić information content (AvgIpc) is 3.52. The lowest BCUT2D eigenvalue weighted by Crippen LogP contribution is -2.51. The molecule has 0 aromatic heterocycles. The number of carbonyl (C=O) groups excluding carboxylic acids is 1. The van der Waals surface area contributed by atoms with Gasteiger partial charge in [0.2, 0.25) is 0 Å². The zero-order chi connectivity index (χ0) is 40.6. The van der Waals surface area contributed by atoms with Gasteiger partial charge in [-0.05, 0) is 97.7 Å². The van der Waals surface area contributed by atoms with Gasteiger partial charge in [0, 0.05) is 19.6 Å². The molecular weight excluding hydrogens is 741 g/mol. The van der Waals surface area contributed by atoms with Gasteiger partial charge in [-0.15, -0.1) is 0 Å². The fourth-order valence-electron chi connectivity index (χ4n) is 10.6. The van der Waals surface area contributed by atoms with Gasteiger partial charge in [0.1, 0.15) is 12.2 Å².